The summed E-state index contributed by atoms with van der Waals surface area (Å²) in [4.78, 5) is 2.60. The maximum atomic E-state index is 2.60. The lowest BCUT2D eigenvalue weighted by Gasteiger charge is -2.37. The molecule has 0 N–H and O–H groups in total. The zero-order chi connectivity index (χ0) is 17.4. The molecule has 23 heavy (non-hydrogen) atoms. The molecule has 0 aromatic carbocycles. The second kappa shape index (κ2) is 15.5. The molecule has 0 radical (unpaired) electrons. The monoisotopic (exact) mass is 325 g/mol. The van der Waals surface area contributed by atoms with Gasteiger partial charge in [-0.2, -0.15) is 0 Å². The molecule has 0 saturated carbocycles. The van der Waals surface area contributed by atoms with E-state index in [1.165, 1.54) is 103 Å². The summed E-state index contributed by atoms with van der Waals surface area (Å²) in [5, 5.41) is 0. The van der Waals surface area contributed by atoms with Crippen LogP contribution in [-0.4, -0.2) is 23.5 Å². The molecule has 0 spiro atoms. The van der Waals surface area contributed by atoms with Gasteiger partial charge in [0, 0.05) is 5.54 Å². The Balaban J connectivity index is 3.33. The molecule has 0 heterocycles. The van der Waals surface area contributed by atoms with Gasteiger partial charge in [-0.1, -0.05) is 104 Å². The second-order valence-electron chi connectivity index (χ2n) is 7.98. The van der Waals surface area contributed by atoms with Crippen molar-refractivity contribution in [1.29, 1.82) is 0 Å². The lowest BCUT2D eigenvalue weighted by atomic mass is 9.94. The van der Waals surface area contributed by atoms with Crippen LogP contribution in [0.3, 0.4) is 0 Å². The third-order valence-electron chi connectivity index (χ3n) is 5.51. The molecule has 0 fully saturated rings. The fourth-order valence-electron chi connectivity index (χ4n) is 3.81. The Morgan fingerprint density at radius 1 is 0.522 bits per heavy atom. The van der Waals surface area contributed by atoms with Crippen molar-refractivity contribution >= 4 is 0 Å². The van der Waals surface area contributed by atoms with Crippen LogP contribution in [0.15, 0.2) is 0 Å². The lowest BCUT2D eigenvalue weighted by Crippen LogP contribution is -2.43. The molecule has 0 aliphatic carbocycles. The van der Waals surface area contributed by atoms with Crippen molar-refractivity contribution in [2.45, 2.75) is 130 Å². The van der Waals surface area contributed by atoms with Gasteiger partial charge in [0.25, 0.3) is 0 Å². The molecule has 0 unspecified atom stereocenters. The Bertz CT molecular complexity index is 230. The van der Waals surface area contributed by atoms with E-state index < -0.39 is 0 Å². The summed E-state index contributed by atoms with van der Waals surface area (Å²) < 4.78 is 0. The quantitative estimate of drug-likeness (QED) is 0.249. The van der Waals surface area contributed by atoms with Gasteiger partial charge in [0.05, 0.1) is 0 Å². The first-order valence-corrected chi connectivity index (χ1v) is 10.8. The third-order valence-corrected chi connectivity index (χ3v) is 5.51. The smallest absolute Gasteiger partial charge is 0.0153 e. The zero-order valence-electron chi connectivity index (χ0n) is 17.3. The highest BCUT2D eigenvalue weighted by Crippen LogP contribution is 2.22. The number of rotatable bonds is 17. The van der Waals surface area contributed by atoms with E-state index in [9.17, 15) is 0 Å². The molecule has 1 heteroatoms. The molecule has 0 aromatic heterocycles. The van der Waals surface area contributed by atoms with Crippen LogP contribution >= 0.6 is 0 Å². The Labute approximate surface area is 148 Å². The van der Waals surface area contributed by atoms with Gasteiger partial charge in [-0.15, -0.1) is 0 Å². The van der Waals surface area contributed by atoms with E-state index in [4.69, 9.17) is 0 Å². The minimum Gasteiger partial charge on any atom is -0.299 e. The highest BCUT2D eigenvalue weighted by molar-refractivity contribution is 4.79. The standard InChI is InChI=1S/C22H47N/c1-6-9-10-11-12-13-14-15-16-17-18-19-20-21-22(4,5)23(7-2)8-3/h6-21H2,1-5H3. The van der Waals surface area contributed by atoms with E-state index in [0.717, 1.165) is 0 Å². The Hall–Kier alpha value is -0.0400. The number of hydrogen-bond donors (Lipinski definition) is 0. The summed E-state index contributed by atoms with van der Waals surface area (Å²) in [7, 11) is 0. The first kappa shape index (κ1) is 23.0. The minimum atomic E-state index is 0.390. The molecule has 140 valence electrons. The van der Waals surface area contributed by atoms with Gasteiger partial charge in [0.2, 0.25) is 0 Å². The largest absolute Gasteiger partial charge is 0.299 e. The van der Waals surface area contributed by atoms with Crippen LogP contribution in [0.5, 0.6) is 0 Å². The molecule has 0 amide bonds. The molecule has 0 aliphatic heterocycles. The number of unbranched alkanes of at least 4 members (excludes halogenated alkanes) is 12. The molecule has 0 saturated heterocycles. The van der Waals surface area contributed by atoms with Crippen molar-refractivity contribution in [1.82, 2.24) is 4.90 Å². The van der Waals surface area contributed by atoms with Gasteiger partial charge in [0.15, 0.2) is 0 Å². The van der Waals surface area contributed by atoms with Crippen molar-refractivity contribution in [2.75, 3.05) is 13.1 Å². The van der Waals surface area contributed by atoms with Gasteiger partial charge < -0.3 is 0 Å². The molecule has 0 rings (SSSR count). The van der Waals surface area contributed by atoms with Crippen molar-refractivity contribution in [3.05, 3.63) is 0 Å². The van der Waals surface area contributed by atoms with Gasteiger partial charge in [-0.25, -0.2) is 0 Å². The van der Waals surface area contributed by atoms with Crippen LogP contribution in [0.2, 0.25) is 0 Å². The van der Waals surface area contributed by atoms with Crippen molar-refractivity contribution in [3.63, 3.8) is 0 Å². The fourth-order valence-corrected chi connectivity index (χ4v) is 3.81. The average Bonchev–Trinajstić information content (AvgIpc) is 2.52. The van der Waals surface area contributed by atoms with Crippen LogP contribution < -0.4 is 0 Å². The van der Waals surface area contributed by atoms with Gasteiger partial charge in [-0.05, 0) is 33.4 Å². The third kappa shape index (κ3) is 13.0. The summed E-state index contributed by atoms with van der Waals surface area (Å²) in [5.74, 6) is 0. The van der Waals surface area contributed by atoms with Crippen LogP contribution in [0.1, 0.15) is 125 Å². The zero-order valence-corrected chi connectivity index (χ0v) is 17.3. The van der Waals surface area contributed by atoms with E-state index in [1.807, 2.05) is 0 Å². The summed E-state index contributed by atoms with van der Waals surface area (Å²) in [6.45, 7) is 14.1. The van der Waals surface area contributed by atoms with Crippen LogP contribution in [0.4, 0.5) is 0 Å². The van der Waals surface area contributed by atoms with Crippen molar-refractivity contribution in [2.24, 2.45) is 0 Å². The maximum absolute atomic E-state index is 2.60. The first-order valence-electron chi connectivity index (χ1n) is 10.8. The molecule has 0 atom stereocenters. The maximum Gasteiger partial charge on any atom is 0.0153 e. The normalized spacial score (nSPS) is 12.3. The highest BCUT2D eigenvalue weighted by atomic mass is 15.2. The first-order chi connectivity index (χ1) is 11.1. The topological polar surface area (TPSA) is 3.24 Å². The van der Waals surface area contributed by atoms with Crippen molar-refractivity contribution in [3.8, 4) is 0 Å². The second-order valence-corrected chi connectivity index (χ2v) is 7.98. The predicted molar refractivity (Wildman–Crippen MR) is 107 cm³/mol. The van der Waals surface area contributed by atoms with E-state index >= 15 is 0 Å². The summed E-state index contributed by atoms with van der Waals surface area (Å²) in [6.07, 6.45) is 20.2. The molecular formula is C22H47N. The fraction of sp³-hybridized carbons (Fsp3) is 1.00. The number of nitrogens with zero attached hydrogens (tertiary/aromatic N) is 1. The van der Waals surface area contributed by atoms with E-state index in [-0.39, 0.29) is 0 Å². The predicted octanol–water partition coefficient (Wildman–Crippen LogP) is 7.59. The Morgan fingerprint density at radius 2 is 0.870 bits per heavy atom. The molecular weight excluding hydrogens is 278 g/mol. The van der Waals surface area contributed by atoms with Crippen molar-refractivity contribution < 1.29 is 0 Å². The molecule has 0 bridgehead atoms. The highest BCUT2D eigenvalue weighted by Gasteiger charge is 2.23. The number of hydrogen-bond acceptors (Lipinski definition) is 1. The van der Waals surface area contributed by atoms with E-state index in [2.05, 4.69) is 39.5 Å². The summed E-state index contributed by atoms with van der Waals surface area (Å²) >= 11 is 0. The Kier molecular flexibility index (Phi) is 15.5. The van der Waals surface area contributed by atoms with E-state index in [0.29, 0.717) is 5.54 Å². The van der Waals surface area contributed by atoms with Gasteiger partial charge in [-0.3, -0.25) is 4.90 Å². The molecule has 1 nitrogen and oxygen atoms in total. The van der Waals surface area contributed by atoms with Crippen LogP contribution in [0.25, 0.3) is 0 Å². The van der Waals surface area contributed by atoms with Gasteiger partial charge in [0.1, 0.15) is 0 Å². The van der Waals surface area contributed by atoms with Gasteiger partial charge >= 0.3 is 0 Å². The summed E-state index contributed by atoms with van der Waals surface area (Å²) in [5.41, 5.74) is 0.390. The van der Waals surface area contributed by atoms with E-state index in [1.54, 1.807) is 0 Å². The molecule has 0 aromatic rings. The Morgan fingerprint density at radius 3 is 1.22 bits per heavy atom. The lowest BCUT2D eigenvalue weighted by molar-refractivity contribution is 0.122. The summed E-state index contributed by atoms with van der Waals surface area (Å²) in [6, 6.07) is 0. The van der Waals surface area contributed by atoms with Crippen LogP contribution in [0, 0.1) is 0 Å². The minimum absolute atomic E-state index is 0.390. The van der Waals surface area contributed by atoms with Crippen LogP contribution in [-0.2, 0) is 0 Å². The molecule has 0 aliphatic rings. The SMILES string of the molecule is CCCCCCCCCCCCCCCC(C)(C)N(CC)CC. The average molecular weight is 326 g/mol.